The molecule has 0 aromatic heterocycles. The van der Waals surface area contributed by atoms with E-state index in [-0.39, 0.29) is 0 Å². The minimum atomic E-state index is 0.354. The summed E-state index contributed by atoms with van der Waals surface area (Å²) in [5, 5.41) is 0. The van der Waals surface area contributed by atoms with Crippen molar-refractivity contribution in [2.24, 2.45) is 0 Å². The smallest absolute Gasteiger partial charge is 0.226 e. The first-order valence-electron chi connectivity index (χ1n) is 1.16. The summed E-state index contributed by atoms with van der Waals surface area (Å²) in [7, 11) is 0. The van der Waals surface area contributed by atoms with E-state index in [9.17, 15) is 9.59 Å². The van der Waals surface area contributed by atoms with E-state index < -0.39 is 0 Å². The Bertz CT molecular complexity index is 56.6. The van der Waals surface area contributed by atoms with E-state index in [1.807, 2.05) is 0 Å². The standard InChI is InChI=1S/C2H2BrNO2/c3-4(1-5)2-6/h1-2H. The topological polar surface area (TPSA) is 37.4 Å². The van der Waals surface area contributed by atoms with Crippen LogP contribution >= 0.6 is 16.1 Å². The predicted molar refractivity (Wildman–Crippen MR) is 22.9 cm³/mol. The maximum atomic E-state index is 9.38. The molecule has 6 heavy (non-hydrogen) atoms. The van der Waals surface area contributed by atoms with Crippen LogP contribution in [0.1, 0.15) is 0 Å². The van der Waals surface area contributed by atoms with Gasteiger partial charge in [0.2, 0.25) is 12.8 Å². The molecule has 0 heterocycles. The Morgan fingerprint density at radius 3 is 1.67 bits per heavy atom. The van der Waals surface area contributed by atoms with Crippen LogP contribution in [0.15, 0.2) is 0 Å². The van der Waals surface area contributed by atoms with Gasteiger partial charge in [-0.2, -0.15) is 0 Å². The van der Waals surface area contributed by atoms with E-state index in [2.05, 4.69) is 16.1 Å². The van der Waals surface area contributed by atoms with Crippen LogP contribution in [0, 0.1) is 0 Å². The van der Waals surface area contributed by atoms with Gasteiger partial charge in [-0.1, -0.05) is 0 Å². The molecular formula is C2H2BrNO2. The minimum absolute atomic E-state index is 0.354. The summed E-state index contributed by atoms with van der Waals surface area (Å²) < 4.78 is 0.701. The minimum Gasteiger partial charge on any atom is -0.277 e. The number of amides is 2. The zero-order chi connectivity index (χ0) is 4.99. The van der Waals surface area contributed by atoms with Crippen LogP contribution in [0.4, 0.5) is 0 Å². The largest absolute Gasteiger partial charge is 0.277 e. The van der Waals surface area contributed by atoms with Crippen LogP contribution in [0.5, 0.6) is 0 Å². The van der Waals surface area contributed by atoms with E-state index in [0.717, 1.165) is 0 Å². The van der Waals surface area contributed by atoms with Crippen molar-refractivity contribution in [3.63, 3.8) is 0 Å². The first-order valence-corrected chi connectivity index (χ1v) is 1.87. The van der Waals surface area contributed by atoms with Gasteiger partial charge in [-0.3, -0.25) is 9.59 Å². The molecule has 0 unspecified atom stereocenters. The van der Waals surface area contributed by atoms with Crippen molar-refractivity contribution in [2.45, 2.75) is 0 Å². The third-order valence-corrected chi connectivity index (χ3v) is 0.536. The maximum Gasteiger partial charge on any atom is 0.226 e. The van der Waals surface area contributed by atoms with Crippen molar-refractivity contribution in [1.29, 1.82) is 0 Å². The van der Waals surface area contributed by atoms with Gasteiger partial charge in [0.15, 0.2) is 0 Å². The normalized spacial score (nSPS) is 6.83. The average Bonchev–Trinajstić information content (AvgIpc) is 1.65. The Labute approximate surface area is 43.3 Å². The molecule has 0 rings (SSSR count). The van der Waals surface area contributed by atoms with Crippen molar-refractivity contribution >= 4 is 29.0 Å². The van der Waals surface area contributed by atoms with E-state index in [0.29, 0.717) is 16.7 Å². The number of carbonyl (C=O) groups excluding carboxylic acids is 2. The highest BCUT2D eigenvalue weighted by molar-refractivity contribution is 9.08. The highest BCUT2D eigenvalue weighted by Crippen LogP contribution is 1.81. The highest BCUT2D eigenvalue weighted by Gasteiger charge is 1.82. The fourth-order valence-electron chi connectivity index (χ4n) is 0.0248. The second kappa shape index (κ2) is 2.84. The van der Waals surface area contributed by atoms with E-state index in [1.54, 1.807) is 0 Å². The predicted octanol–water partition coefficient (Wildman–Crippen LogP) is -0.0889. The Morgan fingerprint density at radius 2 is 1.67 bits per heavy atom. The lowest BCUT2D eigenvalue weighted by molar-refractivity contribution is -0.122. The molecule has 3 nitrogen and oxygen atoms in total. The first kappa shape index (κ1) is 5.62. The molecule has 0 aromatic rings. The van der Waals surface area contributed by atoms with Crippen molar-refractivity contribution in [3.05, 3.63) is 0 Å². The quantitative estimate of drug-likeness (QED) is 0.409. The zero-order valence-electron chi connectivity index (χ0n) is 2.80. The molecule has 0 aliphatic carbocycles. The molecule has 0 atom stereocenters. The van der Waals surface area contributed by atoms with Crippen LogP contribution in [0.2, 0.25) is 0 Å². The van der Waals surface area contributed by atoms with Crippen LogP contribution in [0.3, 0.4) is 0 Å². The zero-order valence-corrected chi connectivity index (χ0v) is 4.38. The average molecular weight is 152 g/mol. The Balaban J connectivity index is 3.21. The van der Waals surface area contributed by atoms with Gasteiger partial charge in [0.1, 0.15) is 0 Å². The molecule has 2 amide bonds. The fourth-order valence-corrected chi connectivity index (χ4v) is 0.0248. The lowest BCUT2D eigenvalue weighted by Crippen LogP contribution is -2.02. The molecule has 4 heteroatoms. The Kier molecular flexibility index (Phi) is 2.66. The van der Waals surface area contributed by atoms with Gasteiger partial charge in [-0.25, -0.2) is 3.93 Å². The van der Waals surface area contributed by atoms with Gasteiger partial charge in [-0.05, 0) is 0 Å². The summed E-state index contributed by atoms with van der Waals surface area (Å²) in [6.07, 6.45) is 0.708. The summed E-state index contributed by atoms with van der Waals surface area (Å²) >= 11 is 2.57. The molecule has 34 valence electrons. The molecule has 0 saturated carbocycles. The summed E-state index contributed by atoms with van der Waals surface area (Å²) in [5.41, 5.74) is 0. The summed E-state index contributed by atoms with van der Waals surface area (Å²) in [4.78, 5) is 18.8. The summed E-state index contributed by atoms with van der Waals surface area (Å²) in [5.74, 6) is 0. The molecule has 0 fully saturated rings. The van der Waals surface area contributed by atoms with Crippen LogP contribution < -0.4 is 0 Å². The number of carbonyl (C=O) groups is 2. The van der Waals surface area contributed by atoms with Crippen molar-refractivity contribution in [2.75, 3.05) is 0 Å². The third-order valence-electron chi connectivity index (χ3n) is 0.201. The van der Waals surface area contributed by atoms with Gasteiger partial charge < -0.3 is 0 Å². The number of nitrogens with zero attached hydrogens (tertiary/aromatic N) is 1. The molecule has 0 aromatic carbocycles. The highest BCUT2D eigenvalue weighted by atomic mass is 79.9. The van der Waals surface area contributed by atoms with Crippen LogP contribution in [0.25, 0.3) is 0 Å². The molecule has 0 N–H and O–H groups in total. The number of halogens is 1. The Morgan fingerprint density at radius 1 is 1.33 bits per heavy atom. The van der Waals surface area contributed by atoms with E-state index >= 15 is 0 Å². The number of rotatable bonds is 2. The van der Waals surface area contributed by atoms with Gasteiger partial charge in [0.05, 0.1) is 16.1 Å². The van der Waals surface area contributed by atoms with Crippen molar-refractivity contribution in [3.8, 4) is 0 Å². The monoisotopic (exact) mass is 151 g/mol. The lowest BCUT2D eigenvalue weighted by atomic mass is 11.2. The van der Waals surface area contributed by atoms with Gasteiger partial charge in [0, 0.05) is 0 Å². The molecule has 0 aliphatic heterocycles. The lowest BCUT2D eigenvalue weighted by Gasteiger charge is -1.86. The van der Waals surface area contributed by atoms with E-state index in [1.165, 1.54) is 0 Å². The summed E-state index contributed by atoms with van der Waals surface area (Å²) in [6, 6.07) is 0. The molecular weight excluding hydrogens is 150 g/mol. The fraction of sp³-hybridized carbons (Fsp3) is 0. The molecule has 0 saturated heterocycles. The van der Waals surface area contributed by atoms with Gasteiger partial charge in [-0.15, -0.1) is 0 Å². The second-order valence-electron chi connectivity index (χ2n) is 0.555. The number of hydrogen-bond donors (Lipinski definition) is 0. The van der Waals surface area contributed by atoms with Crippen LogP contribution in [-0.4, -0.2) is 16.7 Å². The maximum absolute atomic E-state index is 9.38. The molecule has 0 radical (unpaired) electrons. The SMILES string of the molecule is O=CN(Br)C=O. The second-order valence-corrected chi connectivity index (χ2v) is 1.37. The van der Waals surface area contributed by atoms with E-state index in [4.69, 9.17) is 0 Å². The first-order chi connectivity index (χ1) is 2.81. The van der Waals surface area contributed by atoms with Crippen LogP contribution in [-0.2, 0) is 9.59 Å². The third kappa shape index (κ3) is 1.90. The number of hydrogen-bond acceptors (Lipinski definition) is 2. The van der Waals surface area contributed by atoms with Gasteiger partial charge >= 0.3 is 0 Å². The van der Waals surface area contributed by atoms with Gasteiger partial charge in [0.25, 0.3) is 0 Å². The van der Waals surface area contributed by atoms with Crippen molar-refractivity contribution < 1.29 is 9.59 Å². The molecule has 0 bridgehead atoms. The summed E-state index contributed by atoms with van der Waals surface area (Å²) in [6.45, 7) is 0. The van der Waals surface area contributed by atoms with Crippen molar-refractivity contribution in [1.82, 2.24) is 3.93 Å². The molecule has 0 spiro atoms. The number of imide groups is 1. The Hall–Kier alpha value is -0.380. The molecule has 0 aliphatic rings.